The fourth-order valence-electron chi connectivity index (χ4n) is 2.93. The van der Waals surface area contributed by atoms with Crippen molar-refractivity contribution in [2.75, 3.05) is 7.11 Å². The Bertz CT molecular complexity index is 830. The number of ether oxygens (including phenoxy) is 1. The van der Waals surface area contributed by atoms with Gasteiger partial charge in [-0.3, -0.25) is 0 Å². The number of allylic oxidation sites excluding steroid dienone is 1. The van der Waals surface area contributed by atoms with E-state index in [2.05, 4.69) is 56.0 Å². The van der Waals surface area contributed by atoms with Gasteiger partial charge in [-0.05, 0) is 46.0 Å². The third-order valence-electron chi connectivity index (χ3n) is 4.12. The molecule has 0 aliphatic heterocycles. The summed E-state index contributed by atoms with van der Waals surface area (Å²) in [5.74, 6) is 0.917. The molecule has 3 aromatic rings. The molecule has 0 heterocycles. The Morgan fingerprint density at radius 2 is 1.59 bits per heavy atom. The highest BCUT2D eigenvalue weighted by atomic mass is 16.5. The largest absolute Gasteiger partial charge is 0.496 e. The predicted octanol–water partition coefficient (Wildman–Crippen LogP) is 5.41. The Labute approximate surface area is 131 Å². The van der Waals surface area contributed by atoms with Crippen LogP contribution in [0.5, 0.6) is 5.75 Å². The monoisotopic (exact) mass is 288 g/mol. The van der Waals surface area contributed by atoms with Crippen molar-refractivity contribution < 1.29 is 4.74 Å². The van der Waals surface area contributed by atoms with Crippen molar-refractivity contribution in [2.45, 2.75) is 13.3 Å². The maximum Gasteiger partial charge on any atom is 0.122 e. The summed E-state index contributed by atoms with van der Waals surface area (Å²) in [6, 6.07) is 21.0. The van der Waals surface area contributed by atoms with Crippen LogP contribution in [0.1, 0.15) is 16.7 Å². The van der Waals surface area contributed by atoms with Crippen molar-refractivity contribution in [3.05, 3.63) is 83.9 Å². The molecular weight excluding hydrogens is 268 g/mol. The van der Waals surface area contributed by atoms with Crippen molar-refractivity contribution >= 4 is 16.3 Å². The highest BCUT2D eigenvalue weighted by Gasteiger charge is 2.09. The summed E-state index contributed by atoms with van der Waals surface area (Å²) in [5, 5.41) is 2.56. The van der Waals surface area contributed by atoms with E-state index in [-0.39, 0.29) is 0 Å². The molecule has 0 N–H and O–H groups in total. The van der Waals surface area contributed by atoms with Gasteiger partial charge >= 0.3 is 0 Å². The summed E-state index contributed by atoms with van der Waals surface area (Å²) in [6.45, 7) is 6.47. The van der Waals surface area contributed by atoms with E-state index in [1.807, 2.05) is 18.2 Å². The van der Waals surface area contributed by atoms with Gasteiger partial charge in [-0.15, -0.1) is 0 Å². The van der Waals surface area contributed by atoms with Gasteiger partial charge in [-0.1, -0.05) is 61.2 Å². The first-order chi connectivity index (χ1) is 10.7. The number of benzene rings is 3. The Balaban J connectivity index is 2.01. The number of rotatable bonds is 4. The number of aryl methyl sites for hydroxylation is 1. The second-order valence-electron chi connectivity index (χ2n) is 5.57. The molecule has 0 fully saturated rings. The van der Waals surface area contributed by atoms with Crippen molar-refractivity contribution in [3.63, 3.8) is 0 Å². The van der Waals surface area contributed by atoms with E-state index in [4.69, 9.17) is 4.74 Å². The molecule has 0 bridgehead atoms. The van der Waals surface area contributed by atoms with E-state index in [0.29, 0.717) is 0 Å². The SMILES string of the molecule is C=C(Cc1ccccc1OC)c1ccc(C)c2ccccc12. The average Bonchev–Trinajstić information content (AvgIpc) is 2.56. The van der Waals surface area contributed by atoms with Crippen LogP contribution in [0.2, 0.25) is 0 Å². The molecule has 0 unspecified atom stereocenters. The molecular formula is C21H20O. The highest BCUT2D eigenvalue weighted by Crippen LogP contribution is 2.30. The lowest BCUT2D eigenvalue weighted by atomic mass is 9.92. The highest BCUT2D eigenvalue weighted by molar-refractivity contribution is 5.95. The number of fused-ring (bicyclic) bond motifs is 1. The molecule has 0 saturated carbocycles. The minimum atomic E-state index is 0.789. The lowest BCUT2D eigenvalue weighted by Crippen LogP contribution is -1.95. The first-order valence-corrected chi connectivity index (χ1v) is 7.49. The minimum absolute atomic E-state index is 0.789. The molecule has 0 aliphatic rings. The maximum atomic E-state index is 5.45. The zero-order valence-corrected chi connectivity index (χ0v) is 13.1. The standard InChI is InChI=1S/C21H20O/c1-15-12-13-19(20-10-6-5-9-18(15)20)16(2)14-17-8-4-7-11-21(17)22-3/h4-13H,2,14H2,1,3H3. The fourth-order valence-corrected chi connectivity index (χ4v) is 2.93. The normalized spacial score (nSPS) is 10.6. The number of hydrogen-bond donors (Lipinski definition) is 0. The molecule has 0 aromatic heterocycles. The molecule has 22 heavy (non-hydrogen) atoms. The number of methoxy groups -OCH3 is 1. The zero-order valence-electron chi connectivity index (χ0n) is 13.1. The van der Waals surface area contributed by atoms with Gasteiger partial charge in [-0.25, -0.2) is 0 Å². The predicted molar refractivity (Wildman–Crippen MR) is 94.4 cm³/mol. The first-order valence-electron chi connectivity index (χ1n) is 7.49. The Morgan fingerprint density at radius 3 is 2.36 bits per heavy atom. The molecule has 110 valence electrons. The summed E-state index contributed by atoms with van der Waals surface area (Å²) in [7, 11) is 1.71. The van der Waals surface area contributed by atoms with Gasteiger partial charge in [-0.2, -0.15) is 0 Å². The van der Waals surface area contributed by atoms with E-state index >= 15 is 0 Å². The Morgan fingerprint density at radius 1 is 0.909 bits per heavy atom. The number of para-hydroxylation sites is 1. The van der Waals surface area contributed by atoms with E-state index in [9.17, 15) is 0 Å². The van der Waals surface area contributed by atoms with Crippen LogP contribution in [0.4, 0.5) is 0 Å². The number of hydrogen-bond acceptors (Lipinski definition) is 1. The molecule has 0 atom stereocenters. The van der Waals surface area contributed by atoms with Gasteiger partial charge < -0.3 is 4.74 Å². The van der Waals surface area contributed by atoms with Gasteiger partial charge in [0.2, 0.25) is 0 Å². The van der Waals surface area contributed by atoms with Crippen LogP contribution in [-0.4, -0.2) is 7.11 Å². The van der Waals surface area contributed by atoms with E-state index in [1.54, 1.807) is 7.11 Å². The summed E-state index contributed by atoms with van der Waals surface area (Å²) < 4.78 is 5.45. The molecule has 0 spiro atoms. The second kappa shape index (κ2) is 6.07. The van der Waals surface area contributed by atoms with E-state index in [0.717, 1.165) is 17.7 Å². The topological polar surface area (TPSA) is 9.23 Å². The van der Waals surface area contributed by atoms with Gasteiger partial charge in [0.25, 0.3) is 0 Å². The van der Waals surface area contributed by atoms with Crippen molar-refractivity contribution in [1.82, 2.24) is 0 Å². The maximum absolute atomic E-state index is 5.45. The van der Waals surface area contributed by atoms with Gasteiger partial charge in [0.1, 0.15) is 5.75 Å². The van der Waals surface area contributed by atoms with Gasteiger partial charge in [0.05, 0.1) is 7.11 Å². The lowest BCUT2D eigenvalue weighted by molar-refractivity contribution is 0.411. The Hall–Kier alpha value is -2.54. The smallest absolute Gasteiger partial charge is 0.122 e. The Kier molecular flexibility index (Phi) is 3.97. The summed E-state index contributed by atoms with van der Waals surface area (Å²) in [5.41, 5.74) is 4.79. The van der Waals surface area contributed by atoms with Crippen LogP contribution in [0.15, 0.2) is 67.2 Å². The molecule has 0 radical (unpaired) electrons. The molecule has 0 saturated heterocycles. The summed E-state index contributed by atoms with van der Waals surface area (Å²) in [4.78, 5) is 0. The summed E-state index contributed by atoms with van der Waals surface area (Å²) >= 11 is 0. The molecule has 0 amide bonds. The van der Waals surface area contributed by atoms with Gasteiger partial charge in [0.15, 0.2) is 0 Å². The van der Waals surface area contributed by atoms with Crippen LogP contribution >= 0.6 is 0 Å². The van der Waals surface area contributed by atoms with Crippen molar-refractivity contribution in [1.29, 1.82) is 0 Å². The van der Waals surface area contributed by atoms with Crippen LogP contribution < -0.4 is 4.74 Å². The average molecular weight is 288 g/mol. The minimum Gasteiger partial charge on any atom is -0.496 e. The third-order valence-corrected chi connectivity index (χ3v) is 4.12. The third kappa shape index (κ3) is 2.62. The van der Waals surface area contributed by atoms with Crippen LogP contribution in [0.3, 0.4) is 0 Å². The van der Waals surface area contributed by atoms with Crippen LogP contribution in [0.25, 0.3) is 16.3 Å². The zero-order chi connectivity index (χ0) is 15.5. The lowest BCUT2D eigenvalue weighted by Gasteiger charge is -2.13. The van der Waals surface area contributed by atoms with Crippen LogP contribution in [-0.2, 0) is 6.42 Å². The molecule has 0 aliphatic carbocycles. The van der Waals surface area contributed by atoms with Crippen molar-refractivity contribution in [3.8, 4) is 5.75 Å². The summed E-state index contributed by atoms with van der Waals surface area (Å²) in [6.07, 6.45) is 0.789. The molecule has 3 aromatic carbocycles. The first kappa shape index (κ1) is 14.4. The van der Waals surface area contributed by atoms with E-state index < -0.39 is 0 Å². The second-order valence-corrected chi connectivity index (χ2v) is 5.57. The van der Waals surface area contributed by atoms with Crippen molar-refractivity contribution in [2.24, 2.45) is 0 Å². The molecule has 1 heteroatoms. The van der Waals surface area contributed by atoms with Crippen LogP contribution in [0, 0.1) is 6.92 Å². The molecule has 3 rings (SSSR count). The molecule has 1 nitrogen and oxygen atoms in total. The van der Waals surface area contributed by atoms with E-state index in [1.165, 1.54) is 27.5 Å². The van der Waals surface area contributed by atoms with Gasteiger partial charge in [0, 0.05) is 6.42 Å². The fraction of sp³-hybridized carbons (Fsp3) is 0.143. The quantitative estimate of drug-likeness (QED) is 0.623.